The van der Waals surface area contributed by atoms with E-state index in [1.54, 1.807) is 0 Å². The molecule has 0 N–H and O–H groups in total. The second-order valence-electron chi connectivity index (χ2n) is 7.30. The lowest BCUT2D eigenvalue weighted by atomic mass is 9.86. The Morgan fingerprint density at radius 2 is 1.61 bits per heavy atom. The lowest BCUT2D eigenvalue weighted by molar-refractivity contribution is 0.126. The van der Waals surface area contributed by atoms with Gasteiger partial charge in [-0.25, -0.2) is 0 Å². The van der Waals surface area contributed by atoms with Crippen LogP contribution in [0.4, 0.5) is 0 Å². The Hall–Kier alpha value is -0.0800. The molecule has 0 aromatic heterocycles. The van der Waals surface area contributed by atoms with Crippen molar-refractivity contribution in [2.75, 3.05) is 13.6 Å². The Kier molecular flexibility index (Phi) is 2.92. The molecule has 102 valence electrons. The lowest BCUT2D eigenvalue weighted by Crippen LogP contribution is -2.41. The van der Waals surface area contributed by atoms with Crippen LogP contribution in [0.15, 0.2) is 0 Å². The molecule has 18 heavy (non-hydrogen) atoms. The number of nitrogens with zero attached hydrogens (tertiary/aromatic N) is 2. The van der Waals surface area contributed by atoms with Crippen LogP contribution >= 0.6 is 0 Å². The lowest BCUT2D eigenvalue weighted by Gasteiger charge is -2.36. The Morgan fingerprint density at radius 3 is 2.22 bits per heavy atom. The molecule has 2 nitrogen and oxygen atoms in total. The quantitative estimate of drug-likeness (QED) is 0.758. The van der Waals surface area contributed by atoms with Crippen molar-refractivity contribution in [2.45, 2.75) is 82.0 Å². The van der Waals surface area contributed by atoms with Crippen molar-refractivity contribution in [3.8, 4) is 0 Å². The van der Waals surface area contributed by atoms with E-state index in [-0.39, 0.29) is 0 Å². The van der Waals surface area contributed by atoms with Gasteiger partial charge in [0.05, 0.1) is 0 Å². The van der Waals surface area contributed by atoms with Crippen molar-refractivity contribution in [2.24, 2.45) is 5.92 Å². The van der Waals surface area contributed by atoms with Gasteiger partial charge in [-0.15, -0.1) is 0 Å². The molecule has 0 saturated carbocycles. The first-order valence-electron chi connectivity index (χ1n) is 8.30. The fourth-order valence-electron chi connectivity index (χ4n) is 5.61. The fourth-order valence-corrected chi connectivity index (χ4v) is 5.61. The zero-order chi connectivity index (χ0) is 12.1. The minimum atomic E-state index is 0.942. The summed E-state index contributed by atoms with van der Waals surface area (Å²) in [6, 6.07) is 3.83. The van der Waals surface area contributed by atoms with Gasteiger partial charge in [-0.3, -0.25) is 4.90 Å². The molecule has 4 bridgehead atoms. The molecule has 5 atom stereocenters. The first kappa shape index (κ1) is 11.7. The highest BCUT2D eigenvalue weighted by molar-refractivity contribution is 4.99. The van der Waals surface area contributed by atoms with Gasteiger partial charge in [0, 0.05) is 24.2 Å². The van der Waals surface area contributed by atoms with Gasteiger partial charge >= 0.3 is 0 Å². The summed E-state index contributed by atoms with van der Waals surface area (Å²) in [6.45, 7) is 1.41. The van der Waals surface area contributed by atoms with E-state index < -0.39 is 0 Å². The second kappa shape index (κ2) is 4.49. The highest BCUT2D eigenvalue weighted by atomic mass is 15.2. The standard InChI is InChI=1S/C16H28N2/c1-17-15-7-8-16(17)12(11-15)9-10-18-13-3-2-4-14(18)6-5-13/h12-16H,2-11H2,1H3. The topological polar surface area (TPSA) is 6.48 Å². The highest BCUT2D eigenvalue weighted by Crippen LogP contribution is 2.43. The summed E-state index contributed by atoms with van der Waals surface area (Å²) in [6.07, 6.45) is 13.4. The number of hydrogen-bond donors (Lipinski definition) is 0. The Bertz CT molecular complexity index is 300. The number of fused-ring (bicyclic) bond motifs is 4. The third-order valence-electron chi connectivity index (χ3n) is 6.62. The molecule has 0 aromatic carbocycles. The van der Waals surface area contributed by atoms with E-state index in [1.165, 1.54) is 64.3 Å². The van der Waals surface area contributed by atoms with E-state index in [9.17, 15) is 0 Å². The van der Waals surface area contributed by atoms with Gasteiger partial charge < -0.3 is 4.90 Å². The molecular weight excluding hydrogens is 220 g/mol. The summed E-state index contributed by atoms with van der Waals surface area (Å²) in [7, 11) is 2.37. The first-order chi connectivity index (χ1) is 8.83. The fraction of sp³-hybridized carbons (Fsp3) is 1.00. The van der Waals surface area contributed by atoms with Crippen LogP contribution in [0, 0.1) is 5.92 Å². The van der Waals surface area contributed by atoms with Crippen LogP contribution in [0.5, 0.6) is 0 Å². The zero-order valence-electron chi connectivity index (χ0n) is 11.9. The predicted molar refractivity (Wildman–Crippen MR) is 74.7 cm³/mol. The number of hydrogen-bond acceptors (Lipinski definition) is 2. The van der Waals surface area contributed by atoms with Crippen LogP contribution < -0.4 is 0 Å². The van der Waals surface area contributed by atoms with Gasteiger partial charge in [-0.05, 0) is 70.9 Å². The molecule has 4 aliphatic heterocycles. The second-order valence-corrected chi connectivity index (χ2v) is 7.30. The minimum Gasteiger partial charge on any atom is -0.300 e. The molecule has 4 saturated heterocycles. The molecule has 5 unspecified atom stereocenters. The molecule has 4 rings (SSSR count). The first-order valence-corrected chi connectivity index (χ1v) is 8.30. The predicted octanol–water partition coefficient (Wildman–Crippen LogP) is 2.88. The van der Waals surface area contributed by atoms with Crippen LogP contribution in [0.25, 0.3) is 0 Å². The van der Waals surface area contributed by atoms with Crippen molar-refractivity contribution in [1.29, 1.82) is 0 Å². The third-order valence-corrected chi connectivity index (χ3v) is 6.62. The van der Waals surface area contributed by atoms with Crippen molar-refractivity contribution in [3.63, 3.8) is 0 Å². The summed E-state index contributed by atoms with van der Waals surface area (Å²) < 4.78 is 0. The highest BCUT2D eigenvalue weighted by Gasteiger charge is 2.44. The maximum Gasteiger partial charge on any atom is 0.0125 e. The zero-order valence-corrected chi connectivity index (χ0v) is 11.9. The van der Waals surface area contributed by atoms with Crippen molar-refractivity contribution in [1.82, 2.24) is 9.80 Å². The van der Waals surface area contributed by atoms with E-state index in [0.29, 0.717) is 0 Å². The van der Waals surface area contributed by atoms with Crippen LogP contribution in [-0.2, 0) is 0 Å². The van der Waals surface area contributed by atoms with Crippen LogP contribution in [0.2, 0.25) is 0 Å². The molecular formula is C16H28N2. The number of piperidine rings is 1. The molecule has 4 heterocycles. The van der Waals surface area contributed by atoms with E-state index in [4.69, 9.17) is 0 Å². The van der Waals surface area contributed by atoms with Crippen molar-refractivity contribution >= 4 is 0 Å². The van der Waals surface area contributed by atoms with Gasteiger partial charge in [0.25, 0.3) is 0 Å². The largest absolute Gasteiger partial charge is 0.300 e. The van der Waals surface area contributed by atoms with Crippen molar-refractivity contribution < 1.29 is 0 Å². The van der Waals surface area contributed by atoms with E-state index in [1.807, 2.05) is 0 Å². The Balaban J connectivity index is 1.34. The maximum absolute atomic E-state index is 2.90. The van der Waals surface area contributed by atoms with Gasteiger partial charge in [0.1, 0.15) is 0 Å². The molecule has 0 aliphatic carbocycles. The smallest absolute Gasteiger partial charge is 0.0125 e. The van der Waals surface area contributed by atoms with E-state index >= 15 is 0 Å². The van der Waals surface area contributed by atoms with Gasteiger partial charge in [-0.1, -0.05) is 6.42 Å². The molecule has 0 aromatic rings. The van der Waals surface area contributed by atoms with Gasteiger partial charge in [0.2, 0.25) is 0 Å². The summed E-state index contributed by atoms with van der Waals surface area (Å²) in [5, 5.41) is 0. The average Bonchev–Trinajstić information content (AvgIpc) is 2.95. The SMILES string of the molecule is CN1C2CCC1C(CCN1C3CCCC1CC3)C2. The Labute approximate surface area is 112 Å². The minimum absolute atomic E-state index is 0.942. The molecule has 0 amide bonds. The molecule has 0 radical (unpaired) electrons. The summed E-state index contributed by atoms with van der Waals surface area (Å²) >= 11 is 0. The van der Waals surface area contributed by atoms with E-state index in [2.05, 4.69) is 16.8 Å². The normalized spacial score (nSPS) is 48.2. The number of rotatable bonds is 3. The van der Waals surface area contributed by atoms with E-state index in [0.717, 1.165) is 30.1 Å². The summed E-state index contributed by atoms with van der Waals surface area (Å²) in [5.74, 6) is 1.02. The van der Waals surface area contributed by atoms with Gasteiger partial charge in [0.15, 0.2) is 0 Å². The molecule has 0 spiro atoms. The average molecular weight is 248 g/mol. The van der Waals surface area contributed by atoms with Crippen LogP contribution in [0.1, 0.15) is 57.8 Å². The monoisotopic (exact) mass is 248 g/mol. The maximum atomic E-state index is 2.90. The third kappa shape index (κ3) is 1.76. The van der Waals surface area contributed by atoms with Crippen LogP contribution in [0.3, 0.4) is 0 Å². The summed E-state index contributed by atoms with van der Waals surface area (Å²) in [4.78, 5) is 5.59. The summed E-state index contributed by atoms with van der Waals surface area (Å²) in [5.41, 5.74) is 0. The molecule has 2 heteroatoms. The Morgan fingerprint density at radius 1 is 0.889 bits per heavy atom. The molecule has 4 aliphatic rings. The van der Waals surface area contributed by atoms with Gasteiger partial charge in [-0.2, -0.15) is 0 Å². The van der Waals surface area contributed by atoms with Crippen molar-refractivity contribution in [3.05, 3.63) is 0 Å². The van der Waals surface area contributed by atoms with Crippen LogP contribution in [-0.4, -0.2) is 47.6 Å². The molecule has 4 fully saturated rings.